The van der Waals surface area contributed by atoms with Gasteiger partial charge in [-0.3, -0.25) is 4.99 Å². The van der Waals surface area contributed by atoms with E-state index in [1.807, 2.05) is 0 Å². The molecule has 0 unspecified atom stereocenters. The molecule has 0 aromatic carbocycles. The van der Waals surface area contributed by atoms with E-state index in [1.165, 1.54) is 96.3 Å². The van der Waals surface area contributed by atoms with Gasteiger partial charge in [-0.25, -0.2) is 0 Å². The molecule has 0 fully saturated rings. The molecule has 1 aliphatic heterocycles. The average molecular weight is 364 g/mol. The molecule has 152 valence electrons. The zero-order chi connectivity index (χ0) is 18.7. The summed E-state index contributed by atoms with van der Waals surface area (Å²) in [5.41, 5.74) is 5.64. The van der Waals surface area contributed by atoms with Crippen molar-refractivity contribution in [3.63, 3.8) is 0 Å². The Kier molecular flexibility index (Phi) is 15.7. The Labute approximate surface area is 163 Å². The Morgan fingerprint density at radius 1 is 0.846 bits per heavy atom. The van der Waals surface area contributed by atoms with Crippen molar-refractivity contribution < 1.29 is 0 Å². The molecule has 0 aliphatic carbocycles. The van der Waals surface area contributed by atoms with Gasteiger partial charge in [-0.2, -0.15) is 0 Å². The minimum Gasteiger partial charge on any atom is -0.354 e. The smallest absolute Gasteiger partial charge is 0.123 e. The number of amidine groups is 1. The van der Waals surface area contributed by atoms with Gasteiger partial charge in [0.1, 0.15) is 5.84 Å². The lowest BCUT2D eigenvalue weighted by molar-refractivity contribution is 0.469. The van der Waals surface area contributed by atoms with Crippen molar-refractivity contribution in [1.29, 1.82) is 0 Å². The fourth-order valence-electron chi connectivity index (χ4n) is 3.69. The predicted molar refractivity (Wildman–Crippen MR) is 117 cm³/mol. The standard InChI is InChI=1S/C23H45N3/c1-2-3-4-5-6-7-8-9-10-11-12-13-14-15-16-17-18-23-25-20-22-26(23)21-19-24/h17-18H,2-16,19-22,24H2,1H3/b18-17+. The van der Waals surface area contributed by atoms with E-state index < -0.39 is 0 Å². The molecule has 2 N–H and O–H groups in total. The average Bonchev–Trinajstić information content (AvgIpc) is 3.09. The summed E-state index contributed by atoms with van der Waals surface area (Å²) in [6, 6.07) is 0. The second-order valence-electron chi connectivity index (χ2n) is 7.80. The largest absolute Gasteiger partial charge is 0.354 e. The number of aliphatic imine (C=N–C) groups is 1. The lowest BCUT2D eigenvalue weighted by atomic mass is 10.0. The number of hydrogen-bond acceptors (Lipinski definition) is 3. The first kappa shape index (κ1) is 23.2. The van der Waals surface area contributed by atoms with Crippen LogP contribution in [0.25, 0.3) is 0 Å². The molecule has 1 rings (SSSR count). The van der Waals surface area contributed by atoms with Crippen LogP contribution < -0.4 is 5.73 Å². The summed E-state index contributed by atoms with van der Waals surface area (Å²) in [6.07, 6.45) is 25.6. The van der Waals surface area contributed by atoms with E-state index in [9.17, 15) is 0 Å². The van der Waals surface area contributed by atoms with Gasteiger partial charge in [-0.1, -0.05) is 96.5 Å². The van der Waals surface area contributed by atoms with Crippen LogP contribution in [0, 0.1) is 0 Å². The Hall–Kier alpha value is -0.830. The van der Waals surface area contributed by atoms with Gasteiger partial charge in [0.05, 0.1) is 6.54 Å². The van der Waals surface area contributed by atoms with Crippen LogP contribution in [0.5, 0.6) is 0 Å². The Morgan fingerprint density at radius 2 is 1.38 bits per heavy atom. The van der Waals surface area contributed by atoms with E-state index in [2.05, 4.69) is 29.0 Å². The minimum atomic E-state index is 0.714. The van der Waals surface area contributed by atoms with Crippen LogP contribution >= 0.6 is 0 Å². The van der Waals surface area contributed by atoms with Gasteiger partial charge >= 0.3 is 0 Å². The summed E-state index contributed by atoms with van der Waals surface area (Å²) >= 11 is 0. The molecule has 0 bridgehead atoms. The Balaban J connectivity index is 1.80. The van der Waals surface area contributed by atoms with Crippen molar-refractivity contribution in [2.24, 2.45) is 10.7 Å². The second-order valence-corrected chi connectivity index (χ2v) is 7.80. The van der Waals surface area contributed by atoms with Gasteiger partial charge in [0, 0.05) is 19.6 Å². The fourth-order valence-corrected chi connectivity index (χ4v) is 3.69. The predicted octanol–water partition coefficient (Wildman–Crippen LogP) is 6.09. The summed E-state index contributed by atoms with van der Waals surface area (Å²) in [4.78, 5) is 6.84. The highest BCUT2D eigenvalue weighted by Crippen LogP contribution is 2.13. The molecule has 0 spiro atoms. The molecular weight excluding hydrogens is 318 g/mol. The van der Waals surface area contributed by atoms with Gasteiger partial charge in [0.2, 0.25) is 0 Å². The Morgan fingerprint density at radius 3 is 1.92 bits per heavy atom. The molecule has 0 radical (unpaired) electrons. The highest BCUT2D eigenvalue weighted by molar-refractivity contribution is 5.94. The van der Waals surface area contributed by atoms with Crippen LogP contribution in [0.1, 0.15) is 103 Å². The molecule has 3 heteroatoms. The van der Waals surface area contributed by atoms with Gasteiger partial charge in [0.25, 0.3) is 0 Å². The molecule has 1 heterocycles. The maximum absolute atomic E-state index is 5.64. The number of unbranched alkanes of at least 4 members (excludes halogenated alkanes) is 14. The molecule has 0 aromatic heterocycles. The monoisotopic (exact) mass is 363 g/mol. The van der Waals surface area contributed by atoms with E-state index in [0.29, 0.717) is 6.54 Å². The summed E-state index contributed by atoms with van der Waals surface area (Å²) in [5.74, 6) is 1.14. The zero-order valence-corrected chi connectivity index (χ0v) is 17.6. The second kappa shape index (κ2) is 17.6. The maximum Gasteiger partial charge on any atom is 0.123 e. The SMILES string of the molecule is CCCCCCCCCCCCCCCC/C=C/C1=NCCN1CCN. The number of nitrogens with zero attached hydrogens (tertiary/aromatic N) is 2. The van der Waals surface area contributed by atoms with Gasteiger partial charge < -0.3 is 10.6 Å². The molecule has 1 aliphatic rings. The fraction of sp³-hybridized carbons (Fsp3) is 0.870. The zero-order valence-electron chi connectivity index (χ0n) is 17.6. The van der Waals surface area contributed by atoms with Crippen molar-refractivity contribution in [3.8, 4) is 0 Å². The number of allylic oxidation sites excluding steroid dienone is 1. The normalized spacial score (nSPS) is 14.5. The third-order valence-electron chi connectivity index (χ3n) is 5.36. The lowest BCUT2D eigenvalue weighted by Crippen LogP contribution is -2.31. The first-order valence-corrected chi connectivity index (χ1v) is 11.5. The van der Waals surface area contributed by atoms with Crippen LogP contribution in [0.3, 0.4) is 0 Å². The molecule has 26 heavy (non-hydrogen) atoms. The van der Waals surface area contributed by atoms with Gasteiger partial charge in [0.15, 0.2) is 0 Å². The van der Waals surface area contributed by atoms with Crippen molar-refractivity contribution in [3.05, 3.63) is 12.2 Å². The van der Waals surface area contributed by atoms with E-state index in [0.717, 1.165) is 25.5 Å². The lowest BCUT2D eigenvalue weighted by Gasteiger charge is -2.16. The maximum atomic E-state index is 5.64. The first-order valence-electron chi connectivity index (χ1n) is 11.5. The van der Waals surface area contributed by atoms with Crippen LogP contribution in [-0.2, 0) is 0 Å². The Bertz CT molecular complexity index is 362. The molecule has 0 saturated carbocycles. The van der Waals surface area contributed by atoms with Gasteiger partial charge in [-0.05, 0) is 18.9 Å². The number of rotatable bonds is 18. The summed E-state index contributed by atoms with van der Waals surface area (Å²) in [6.45, 7) is 5.90. The molecular formula is C23H45N3. The van der Waals surface area contributed by atoms with E-state index >= 15 is 0 Å². The van der Waals surface area contributed by atoms with E-state index in [1.54, 1.807) is 0 Å². The van der Waals surface area contributed by atoms with Crippen LogP contribution in [0.15, 0.2) is 17.1 Å². The summed E-state index contributed by atoms with van der Waals surface area (Å²) in [7, 11) is 0. The van der Waals surface area contributed by atoms with E-state index in [-0.39, 0.29) is 0 Å². The van der Waals surface area contributed by atoms with Crippen LogP contribution in [0.4, 0.5) is 0 Å². The highest BCUT2D eigenvalue weighted by Gasteiger charge is 2.12. The van der Waals surface area contributed by atoms with Crippen LogP contribution in [-0.4, -0.2) is 36.9 Å². The van der Waals surface area contributed by atoms with Crippen molar-refractivity contribution in [2.75, 3.05) is 26.2 Å². The number of nitrogens with two attached hydrogens (primary N) is 1. The van der Waals surface area contributed by atoms with E-state index in [4.69, 9.17) is 5.73 Å². The van der Waals surface area contributed by atoms with Crippen LogP contribution in [0.2, 0.25) is 0 Å². The molecule has 0 atom stereocenters. The van der Waals surface area contributed by atoms with Crippen molar-refractivity contribution >= 4 is 5.84 Å². The minimum absolute atomic E-state index is 0.714. The number of hydrogen-bond donors (Lipinski definition) is 1. The third kappa shape index (κ3) is 12.5. The van der Waals surface area contributed by atoms with Crippen molar-refractivity contribution in [1.82, 2.24) is 4.90 Å². The van der Waals surface area contributed by atoms with Crippen molar-refractivity contribution in [2.45, 2.75) is 103 Å². The molecule has 0 aromatic rings. The quantitative estimate of drug-likeness (QED) is 0.299. The molecule has 3 nitrogen and oxygen atoms in total. The highest BCUT2D eigenvalue weighted by atomic mass is 15.2. The van der Waals surface area contributed by atoms with Gasteiger partial charge in [-0.15, -0.1) is 0 Å². The molecule has 0 saturated heterocycles. The first-order chi connectivity index (χ1) is 12.9. The molecule has 0 amide bonds. The summed E-state index contributed by atoms with van der Waals surface area (Å²) in [5, 5.41) is 0. The summed E-state index contributed by atoms with van der Waals surface area (Å²) < 4.78 is 0. The topological polar surface area (TPSA) is 41.6 Å². The third-order valence-corrected chi connectivity index (χ3v) is 5.36.